The molecule has 28 heavy (non-hydrogen) atoms. The van der Waals surface area contributed by atoms with Crippen molar-refractivity contribution in [1.82, 2.24) is 5.32 Å². The maximum Gasteiger partial charge on any atom is 0.310 e. The molecule has 2 aliphatic carbocycles. The van der Waals surface area contributed by atoms with Gasteiger partial charge in [0.05, 0.1) is 5.92 Å². The Morgan fingerprint density at radius 1 is 1.29 bits per heavy atom. The topological polar surface area (TPSA) is 56.8 Å². The van der Waals surface area contributed by atoms with Gasteiger partial charge in [0.1, 0.15) is 6.10 Å². The Morgan fingerprint density at radius 3 is 3.04 bits per heavy atom. The Morgan fingerprint density at radius 2 is 2.14 bits per heavy atom. The summed E-state index contributed by atoms with van der Waals surface area (Å²) in [5, 5.41) is 3.47. The number of hydrogen-bond acceptors (Lipinski definition) is 5. The van der Waals surface area contributed by atoms with Crippen LogP contribution in [0, 0.1) is 23.2 Å². The van der Waals surface area contributed by atoms with Crippen LogP contribution in [0.3, 0.4) is 0 Å². The zero-order valence-electron chi connectivity index (χ0n) is 16.5. The van der Waals surface area contributed by atoms with Crippen molar-refractivity contribution in [3.63, 3.8) is 0 Å². The maximum atomic E-state index is 12.6. The van der Waals surface area contributed by atoms with E-state index in [2.05, 4.69) is 18.8 Å². The van der Waals surface area contributed by atoms with Gasteiger partial charge in [-0.2, -0.15) is 0 Å². The highest BCUT2D eigenvalue weighted by Gasteiger charge is 2.54. The third kappa shape index (κ3) is 3.00. The first-order valence-corrected chi connectivity index (χ1v) is 10.5. The molecule has 5 unspecified atom stereocenters. The molecule has 3 fully saturated rings. The Kier molecular flexibility index (Phi) is 4.38. The molecular weight excluding hydrogens is 354 g/mol. The summed E-state index contributed by atoms with van der Waals surface area (Å²) >= 11 is 0. The highest BCUT2D eigenvalue weighted by Crippen LogP contribution is 2.56. The number of nitrogens with one attached hydrogen (secondary N) is 1. The second-order valence-electron chi connectivity index (χ2n) is 9.22. The third-order valence-electron chi connectivity index (χ3n) is 7.45. The van der Waals surface area contributed by atoms with Crippen molar-refractivity contribution in [2.45, 2.75) is 51.7 Å². The van der Waals surface area contributed by atoms with E-state index in [9.17, 15) is 4.79 Å². The SMILES string of the molecule is C=C1CCCC2(C)CC3OC(=O)C(CNCc4ccc5c(c4)OCO5)C3CC12. The lowest BCUT2D eigenvalue weighted by Gasteiger charge is -2.50. The summed E-state index contributed by atoms with van der Waals surface area (Å²) in [5.74, 6) is 2.35. The van der Waals surface area contributed by atoms with Crippen LogP contribution in [-0.2, 0) is 16.1 Å². The van der Waals surface area contributed by atoms with E-state index in [1.165, 1.54) is 18.4 Å². The Labute approximate surface area is 166 Å². The van der Waals surface area contributed by atoms with Crippen LogP contribution in [0.25, 0.3) is 0 Å². The van der Waals surface area contributed by atoms with Gasteiger partial charge >= 0.3 is 5.97 Å². The van der Waals surface area contributed by atoms with E-state index in [-0.39, 0.29) is 30.2 Å². The fraction of sp³-hybridized carbons (Fsp3) is 0.609. The number of allylic oxidation sites excluding steroid dienone is 1. The van der Waals surface area contributed by atoms with Gasteiger partial charge in [-0.3, -0.25) is 4.79 Å². The van der Waals surface area contributed by atoms with E-state index in [1.807, 2.05) is 18.2 Å². The van der Waals surface area contributed by atoms with Crippen LogP contribution in [0.4, 0.5) is 0 Å². The van der Waals surface area contributed by atoms with Crippen molar-refractivity contribution in [1.29, 1.82) is 0 Å². The average Bonchev–Trinajstić information content (AvgIpc) is 3.24. The molecule has 0 bridgehead atoms. The predicted octanol–water partition coefficient (Wildman–Crippen LogP) is 3.82. The van der Waals surface area contributed by atoms with Crippen LogP contribution < -0.4 is 14.8 Å². The molecule has 0 radical (unpaired) electrons. The molecular formula is C23H29NO4. The van der Waals surface area contributed by atoms with Crippen LogP contribution in [-0.4, -0.2) is 25.4 Å². The molecule has 1 N–H and O–H groups in total. The number of rotatable bonds is 4. The van der Waals surface area contributed by atoms with E-state index >= 15 is 0 Å². The molecule has 1 aromatic carbocycles. The molecule has 2 saturated carbocycles. The fourth-order valence-corrected chi connectivity index (χ4v) is 5.91. The maximum absolute atomic E-state index is 12.6. The fourth-order valence-electron chi connectivity index (χ4n) is 5.91. The molecule has 0 amide bonds. The third-order valence-corrected chi connectivity index (χ3v) is 7.45. The highest BCUT2D eigenvalue weighted by molar-refractivity contribution is 5.75. The molecule has 2 aliphatic heterocycles. The number of benzene rings is 1. The first kappa shape index (κ1) is 18.0. The molecule has 5 atom stereocenters. The van der Waals surface area contributed by atoms with Crippen molar-refractivity contribution in [3.05, 3.63) is 35.9 Å². The Bertz CT molecular complexity index is 806. The zero-order valence-corrected chi connectivity index (χ0v) is 16.5. The van der Waals surface area contributed by atoms with E-state index in [0.717, 1.165) is 36.3 Å². The lowest BCUT2D eigenvalue weighted by molar-refractivity contribution is -0.146. The zero-order chi connectivity index (χ0) is 19.3. The first-order valence-electron chi connectivity index (χ1n) is 10.5. The van der Waals surface area contributed by atoms with Gasteiger partial charge in [-0.25, -0.2) is 0 Å². The van der Waals surface area contributed by atoms with E-state index in [0.29, 0.717) is 24.9 Å². The van der Waals surface area contributed by atoms with Crippen LogP contribution in [0.5, 0.6) is 11.5 Å². The van der Waals surface area contributed by atoms with Crippen LogP contribution in [0.1, 0.15) is 44.6 Å². The minimum Gasteiger partial charge on any atom is -0.462 e. The lowest BCUT2D eigenvalue weighted by Crippen LogP contribution is -2.45. The van der Waals surface area contributed by atoms with Crippen LogP contribution >= 0.6 is 0 Å². The van der Waals surface area contributed by atoms with Crippen molar-refractivity contribution in [2.24, 2.45) is 23.2 Å². The van der Waals surface area contributed by atoms with Crippen molar-refractivity contribution >= 4 is 5.97 Å². The van der Waals surface area contributed by atoms with Gasteiger partial charge < -0.3 is 19.5 Å². The number of esters is 1. The largest absolute Gasteiger partial charge is 0.462 e. The second-order valence-corrected chi connectivity index (χ2v) is 9.22. The number of carbonyl (C=O) groups is 1. The van der Waals surface area contributed by atoms with Gasteiger partial charge in [0.2, 0.25) is 6.79 Å². The van der Waals surface area contributed by atoms with E-state index in [4.69, 9.17) is 14.2 Å². The molecule has 1 saturated heterocycles. The summed E-state index contributed by atoms with van der Waals surface area (Å²) in [6.45, 7) is 8.38. The van der Waals surface area contributed by atoms with Crippen LogP contribution in [0.15, 0.2) is 30.4 Å². The molecule has 4 aliphatic rings. The minimum atomic E-state index is -0.0571. The summed E-state index contributed by atoms with van der Waals surface area (Å²) in [6, 6.07) is 5.98. The molecule has 5 nitrogen and oxygen atoms in total. The second kappa shape index (κ2) is 6.80. The first-order chi connectivity index (χ1) is 13.5. The molecule has 2 heterocycles. The molecule has 1 aromatic rings. The number of ether oxygens (including phenoxy) is 3. The monoisotopic (exact) mass is 383 g/mol. The van der Waals surface area contributed by atoms with Crippen molar-refractivity contribution in [3.8, 4) is 11.5 Å². The molecule has 5 heteroatoms. The molecule has 0 aromatic heterocycles. The van der Waals surface area contributed by atoms with Gasteiger partial charge in [-0.05, 0) is 61.1 Å². The molecule has 0 spiro atoms. The van der Waals surface area contributed by atoms with Gasteiger partial charge in [-0.1, -0.05) is 25.1 Å². The Balaban J connectivity index is 1.23. The quantitative estimate of drug-likeness (QED) is 0.633. The van der Waals surface area contributed by atoms with Crippen molar-refractivity contribution < 1.29 is 19.0 Å². The Hall–Kier alpha value is -2.01. The highest BCUT2D eigenvalue weighted by atomic mass is 16.7. The number of fused-ring (bicyclic) bond motifs is 3. The van der Waals surface area contributed by atoms with Gasteiger partial charge in [0.15, 0.2) is 11.5 Å². The minimum absolute atomic E-state index is 0.0268. The number of carbonyl (C=O) groups excluding carboxylic acids is 1. The smallest absolute Gasteiger partial charge is 0.310 e. The summed E-state index contributed by atoms with van der Waals surface area (Å²) in [6.07, 6.45) is 5.70. The summed E-state index contributed by atoms with van der Waals surface area (Å²) in [4.78, 5) is 12.6. The number of hydrogen-bond donors (Lipinski definition) is 1. The summed E-state index contributed by atoms with van der Waals surface area (Å²) in [5.41, 5.74) is 2.77. The lowest BCUT2D eigenvalue weighted by atomic mass is 9.55. The normalized spacial score (nSPS) is 36.0. The van der Waals surface area contributed by atoms with E-state index < -0.39 is 0 Å². The van der Waals surface area contributed by atoms with Crippen LogP contribution in [0.2, 0.25) is 0 Å². The van der Waals surface area contributed by atoms with Crippen molar-refractivity contribution in [2.75, 3.05) is 13.3 Å². The van der Waals surface area contributed by atoms with E-state index in [1.54, 1.807) is 0 Å². The van der Waals surface area contributed by atoms with Gasteiger partial charge in [-0.15, -0.1) is 0 Å². The average molecular weight is 383 g/mol. The molecule has 5 rings (SSSR count). The summed E-state index contributed by atoms with van der Waals surface area (Å²) in [7, 11) is 0. The summed E-state index contributed by atoms with van der Waals surface area (Å²) < 4.78 is 16.7. The molecule has 150 valence electrons. The predicted molar refractivity (Wildman–Crippen MR) is 105 cm³/mol. The van der Waals surface area contributed by atoms with Gasteiger partial charge in [0.25, 0.3) is 0 Å². The van der Waals surface area contributed by atoms with Gasteiger partial charge in [0, 0.05) is 19.0 Å². The standard InChI is InChI=1S/C23H29NO4/c1-14-4-3-7-23(2)10-21-16(9-18(14)23)17(22(25)28-21)12-24-11-15-5-6-19-20(8-15)27-13-26-19/h5-6,8,16-18,21,24H,1,3-4,7,9-13H2,2H3.